The predicted octanol–water partition coefficient (Wildman–Crippen LogP) is 2.68. The maximum Gasteiger partial charge on any atom is 0.227 e. The zero-order valence-electron chi connectivity index (χ0n) is 10.5. The highest BCUT2D eigenvalue weighted by molar-refractivity contribution is 5.90. The monoisotopic (exact) mass is 256 g/mol. The molecule has 0 heterocycles. The van der Waals surface area contributed by atoms with Crippen LogP contribution in [-0.4, -0.2) is 12.5 Å². The molecule has 0 unspecified atom stereocenters. The average molecular weight is 256 g/mol. The first kappa shape index (κ1) is 13.0. The van der Waals surface area contributed by atoms with Crippen molar-refractivity contribution >= 4 is 17.3 Å². The summed E-state index contributed by atoms with van der Waals surface area (Å²) in [6.45, 7) is 0.336. The van der Waals surface area contributed by atoms with Gasteiger partial charge in [0.1, 0.15) is 5.75 Å². The minimum Gasteiger partial charge on any atom is -0.493 e. The summed E-state index contributed by atoms with van der Waals surface area (Å²) in [6, 6.07) is 16.4. The Kier molecular flexibility index (Phi) is 4.39. The van der Waals surface area contributed by atoms with Gasteiger partial charge in [-0.1, -0.05) is 18.2 Å². The van der Waals surface area contributed by atoms with Gasteiger partial charge < -0.3 is 15.8 Å². The van der Waals surface area contributed by atoms with Crippen molar-refractivity contribution in [2.45, 2.75) is 6.42 Å². The van der Waals surface area contributed by atoms with Gasteiger partial charge in [0, 0.05) is 11.4 Å². The number of anilines is 2. The van der Waals surface area contributed by atoms with E-state index in [2.05, 4.69) is 5.32 Å². The number of rotatable bonds is 5. The lowest BCUT2D eigenvalue weighted by atomic mass is 10.3. The Hall–Kier alpha value is -2.49. The number of ether oxygens (including phenoxy) is 1. The molecular weight excluding hydrogens is 240 g/mol. The number of nitrogen functional groups attached to an aromatic ring is 1. The van der Waals surface area contributed by atoms with E-state index >= 15 is 0 Å². The standard InChI is InChI=1S/C15H16N2O2/c16-12-6-8-14(9-7-12)19-11-10-15(18)17-13-4-2-1-3-5-13/h1-9H,10-11,16H2,(H,17,18). The maximum atomic E-state index is 11.6. The van der Waals surface area contributed by atoms with Gasteiger partial charge >= 0.3 is 0 Å². The number of carbonyl (C=O) groups excluding carboxylic acids is 1. The van der Waals surface area contributed by atoms with Crippen LogP contribution in [0.3, 0.4) is 0 Å². The molecule has 0 saturated heterocycles. The lowest BCUT2D eigenvalue weighted by molar-refractivity contribution is -0.116. The molecule has 0 spiro atoms. The summed E-state index contributed by atoms with van der Waals surface area (Å²) < 4.78 is 5.45. The van der Waals surface area contributed by atoms with Crippen LogP contribution in [0.4, 0.5) is 11.4 Å². The van der Waals surface area contributed by atoms with E-state index in [1.807, 2.05) is 30.3 Å². The van der Waals surface area contributed by atoms with Crippen molar-refractivity contribution in [3.8, 4) is 5.75 Å². The highest BCUT2D eigenvalue weighted by Gasteiger charge is 2.02. The largest absolute Gasteiger partial charge is 0.493 e. The first-order valence-electron chi connectivity index (χ1n) is 6.07. The van der Waals surface area contributed by atoms with Crippen LogP contribution in [0, 0.1) is 0 Å². The van der Waals surface area contributed by atoms with Gasteiger partial charge in [0.05, 0.1) is 13.0 Å². The van der Waals surface area contributed by atoms with E-state index in [-0.39, 0.29) is 5.91 Å². The zero-order valence-corrected chi connectivity index (χ0v) is 10.5. The summed E-state index contributed by atoms with van der Waals surface area (Å²) in [5.74, 6) is 0.642. The van der Waals surface area contributed by atoms with Gasteiger partial charge in [-0.2, -0.15) is 0 Å². The van der Waals surface area contributed by atoms with Crippen LogP contribution in [0.2, 0.25) is 0 Å². The molecule has 0 atom stereocenters. The number of benzene rings is 2. The molecule has 2 aromatic carbocycles. The van der Waals surface area contributed by atoms with E-state index < -0.39 is 0 Å². The number of amides is 1. The van der Waals surface area contributed by atoms with Crippen LogP contribution >= 0.6 is 0 Å². The van der Waals surface area contributed by atoms with Crippen LogP contribution in [0.1, 0.15) is 6.42 Å². The van der Waals surface area contributed by atoms with Gasteiger partial charge in [0.2, 0.25) is 5.91 Å². The van der Waals surface area contributed by atoms with Crippen LogP contribution in [0.15, 0.2) is 54.6 Å². The molecule has 4 heteroatoms. The van der Waals surface area contributed by atoms with E-state index in [0.29, 0.717) is 24.5 Å². The molecule has 0 aromatic heterocycles. The van der Waals surface area contributed by atoms with Gasteiger partial charge in [0.25, 0.3) is 0 Å². The summed E-state index contributed by atoms with van der Waals surface area (Å²) in [5, 5.41) is 2.80. The Bertz CT molecular complexity index is 524. The fraction of sp³-hybridized carbons (Fsp3) is 0.133. The molecule has 0 aliphatic heterocycles. The minimum atomic E-state index is -0.0679. The van der Waals surface area contributed by atoms with Crippen LogP contribution in [0.25, 0.3) is 0 Å². The van der Waals surface area contributed by atoms with E-state index in [1.54, 1.807) is 24.3 Å². The SMILES string of the molecule is Nc1ccc(OCCC(=O)Nc2ccccc2)cc1. The second-order valence-corrected chi connectivity index (χ2v) is 4.08. The lowest BCUT2D eigenvalue weighted by Crippen LogP contribution is -2.15. The van der Waals surface area contributed by atoms with Gasteiger partial charge in [-0.05, 0) is 36.4 Å². The molecule has 0 aliphatic carbocycles. The molecule has 0 bridgehead atoms. The van der Waals surface area contributed by atoms with Crippen LogP contribution in [-0.2, 0) is 4.79 Å². The second-order valence-electron chi connectivity index (χ2n) is 4.08. The summed E-state index contributed by atoms with van der Waals surface area (Å²) in [5.41, 5.74) is 7.05. The second kappa shape index (κ2) is 6.44. The Balaban J connectivity index is 1.74. The topological polar surface area (TPSA) is 64.3 Å². The third kappa shape index (κ3) is 4.35. The third-order valence-corrected chi connectivity index (χ3v) is 2.54. The normalized spacial score (nSPS) is 9.89. The molecule has 98 valence electrons. The number of nitrogens with two attached hydrogens (primary N) is 1. The number of nitrogens with one attached hydrogen (secondary N) is 1. The molecule has 19 heavy (non-hydrogen) atoms. The fourth-order valence-corrected chi connectivity index (χ4v) is 1.57. The van der Waals surface area contributed by atoms with Crippen molar-refractivity contribution < 1.29 is 9.53 Å². The maximum absolute atomic E-state index is 11.6. The van der Waals surface area contributed by atoms with Gasteiger partial charge in [-0.15, -0.1) is 0 Å². The van der Waals surface area contributed by atoms with E-state index in [9.17, 15) is 4.79 Å². The number of carbonyl (C=O) groups is 1. The number of para-hydroxylation sites is 1. The molecule has 0 saturated carbocycles. The van der Waals surface area contributed by atoms with Crippen molar-refractivity contribution in [3.63, 3.8) is 0 Å². The molecule has 3 N–H and O–H groups in total. The Morgan fingerprint density at radius 1 is 1.05 bits per heavy atom. The molecule has 0 radical (unpaired) electrons. The lowest BCUT2D eigenvalue weighted by Gasteiger charge is -2.07. The Labute approximate surface area is 112 Å². The van der Waals surface area contributed by atoms with Crippen molar-refractivity contribution in [1.29, 1.82) is 0 Å². The molecule has 4 nitrogen and oxygen atoms in total. The van der Waals surface area contributed by atoms with Crippen molar-refractivity contribution in [2.24, 2.45) is 0 Å². The van der Waals surface area contributed by atoms with Gasteiger partial charge in [-0.25, -0.2) is 0 Å². The zero-order chi connectivity index (χ0) is 13.5. The summed E-state index contributed by atoms with van der Waals surface area (Å²) >= 11 is 0. The highest BCUT2D eigenvalue weighted by Crippen LogP contribution is 2.13. The Morgan fingerprint density at radius 2 is 1.74 bits per heavy atom. The van der Waals surface area contributed by atoms with Crippen molar-refractivity contribution in [1.82, 2.24) is 0 Å². The summed E-state index contributed by atoms with van der Waals surface area (Å²) in [6.07, 6.45) is 0.305. The fourth-order valence-electron chi connectivity index (χ4n) is 1.57. The summed E-state index contributed by atoms with van der Waals surface area (Å²) in [7, 11) is 0. The molecule has 2 rings (SSSR count). The third-order valence-electron chi connectivity index (χ3n) is 2.54. The first-order valence-corrected chi connectivity index (χ1v) is 6.07. The van der Waals surface area contributed by atoms with Crippen molar-refractivity contribution in [3.05, 3.63) is 54.6 Å². The highest BCUT2D eigenvalue weighted by atomic mass is 16.5. The summed E-state index contributed by atoms with van der Waals surface area (Å²) in [4.78, 5) is 11.6. The average Bonchev–Trinajstić information content (AvgIpc) is 2.42. The van der Waals surface area contributed by atoms with Crippen LogP contribution < -0.4 is 15.8 Å². The number of hydrogen-bond donors (Lipinski definition) is 2. The number of hydrogen-bond acceptors (Lipinski definition) is 3. The minimum absolute atomic E-state index is 0.0679. The van der Waals surface area contributed by atoms with E-state index in [1.165, 1.54) is 0 Å². The molecule has 0 fully saturated rings. The molecule has 1 amide bonds. The molecule has 0 aliphatic rings. The van der Waals surface area contributed by atoms with Crippen LogP contribution in [0.5, 0.6) is 5.75 Å². The Morgan fingerprint density at radius 3 is 2.42 bits per heavy atom. The van der Waals surface area contributed by atoms with Gasteiger partial charge in [0.15, 0.2) is 0 Å². The molecular formula is C15H16N2O2. The predicted molar refractivity (Wildman–Crippen MR) is 76.0 cm³/mol. The van der Waals surface area contributed by atoms with Gasteiger partial charge in [-0.3, -0.25) is 4.79 Å². The van der Waals surface area contributed by atoms with E-state index in [0.717, 1.165) is 5.69 Å². The van der Waals surface area contributed by atoms with E-state index in [4.69, 9.17) is 10.5 Å². The van der Waals surface area contributed by atoms with Crippen molar-refractivity contribution in [2.75, 3.05) is 17.7 Å². The quantitative estimate of drug-likeness (QED) is 0.808. The smallest absolute Gasteiger partial charge is 0.227 e. The first-order chi connectivity index (χ1) is 9.24. The molecule has 2 aromatic rings.